The van der Waals surface area contributed by atoms with Crippen LogP contribution in [0.4, 0.5) is 0 Å². The highest BCUT2D eigenvalue weighted by atomic mass is 28.4. The lowest BCUT2D eigenvalue weighted by Gasteiger charge is -2.70. The van der Waals surface area contributed by atoms with Crippen LogP contribution in [0.2, 0.25) is 18.1 Å². The summed E-state index contributed by atoms with van der Waals surface area (Å²) in [5.74, 6) is -5.31. The van der Waals surface area contributed by atoms with E-state index in [1.165, 1.54) is 13.8 Å². The van der Waals surface area contributed by atoms with Crippen LogP contribution in [0.3, 0.4) is 0 Å². The molecule has 6 fully saturated rings. The van der Waals surface area contributed by atoms with E-state index in [9.17, 15) is 60.0 Å². The summed E-state index contributed by atoms with van der Waals surface area (Å²) in [6, 6.07) is 19.4. The van der Waals surface area contributed by atoms with Crippen molar-refractivity contribution in [3.63, 3.8) is 0 Å². The van der Waals surface area contributed by atoms with E-state index in [1.807, 2.05) is 34.6 Å². The third-order valence-electron chi connectivity index (χ3n) is 23.0. The maximum atomic E-state index is 14.0. The highest BCUT2D eigenvalue weighted by molar-refractivity contribution is 6.73. The van der Waals surface area contributed by atoms with Gasteiger partial charge in [-0.05, 0) is 73.0 Å². The molecule has 2 unspecified atom stereocenters. The molecule has 0 radical (unpaired) electrons. The summed E-state index contributed by atoms with van der Waals surface area (Å²) in [4.78, 5) is 53.0. The molecule has 2 heterocycles. The van der Waals surface area contributed by atoms with Gasteiger partial charge in [-0.25, -0.2) is 9.59 Å². The molecule has 4 saturated carbocycles. The third-order valence-corrected chi connectivity index (χ3v) is 27.6. The van der Waals surface area contributed by atoms with Crippen molar-refractivity contribution in [3.05, 3.63) is 94.1 Å². The van der Waals surface area contributed by atoms with E-state index in [1.54, 1.807) is 88.4 Å². The normalized spacial score (nSPS) is 42.1. The first-order valence-corrected chi connectivity index (χ1v) is 32.9. The van der Waals surface area contributed by atoms with Crippen LogP contribution < -0.4 is 0 Å². The zero-order chi connectivity index (χ0) is 62.7. The molecule has 10 rings (SSSR count). The summed E-state index contributed by atoms with van der Waals surface area (Å²) in [7, 11) is -2.30. The van der Waals surface area contributed by atoms with Crippen molar-refractivity contribution in [2.45, 2.75) is 230 Å². The fraction of sp³-hybridized carbons (Fsp3) is 0.692. The number of hydrogen-bond acceptors (Lipinski definition) is 19. The van der Waals surface area contributed by atoms with E-state index in [-0.39, 0.29) is 43.6 Å². The summed E-state index contributed by atoms with van der Waals surface area (Å²) in [6.45, 7) is 24.9. The average Bonchev–Trinajstić information content (AvgIpc) is 0.687. The SMILES string of the molecule is CC(=O)O[C@@]12CO[C@@H]1C[C@H](O)[C@@]1(C)C(O)[C@H](O)C3=C(C)[C@@H](O)C[C@@](O)([C@@H](OC(=O)c4ccccc4)[C@H]21)C3(C)C.CC[Si](CC)(CC)O[C@H]1C[C@H]2OC[C@@]2(OC(C)=O)[C@H]2[C@H](OC(=O)c3ccccc3)[C@]3(O)C[C@H](O)C(C)=C([C@@H](C)C(O)[C@]12C)C3(C)C. The van der Waals surface area contributed by atoms with Gasteiger partial charge in [0, 0.05) is 67.1 Å². The number of rotatable bonds is 11. The van der Waals surface area contributed by atoms with Crippen LogP contribution in [0.5, 0.6) is 0 Å². The Morgan fingerprint density at radius 2 is 0.988 bits per heavy atom. The van der Waals surface area contributed by atoms with Crippen LogP contribution in [-0.4, -0.2) is 176 Å². The van der Waals surface area contributed by atoms with Crippen LogP contribution in [-0.2, 0) is 42.4 Å². The molecule has 4 bridgehead atoms. The lowest BCUT2D eigenvalue weighted by molar-refractivity contribution is -0.365. The van der Waals surface area contributed by atoms with Gasteiger partial charge < -0.3 is 73.7 Å². The molecular weight excluding hydrogens is 1110 g/mol. The summed E-state index contributed by atoms with van der Waals surface area (Å²) < 4.78 is 44.1. The van der Waals surface area contributed by atoms with E-state index >= 15 is 0 Å². The second-order valence-electron chi connectivity index (χ2n) is 27.5. The Balaban J connectivity index is 0.000000206. The predicted molar refractivity (Wildman–Crippen MR) is 312 cm³/mol. The van der Waals surface area contributed by atoms with Gasteiger partial charge in [0.1, 0.15) is 41.7 Å². The van der Waals surface area contributed by atoms with E-state index in [0.717, 1.165) is 23.7 Å². The fourth-order valence-corrected chi connectivity index (χ4v) is 20.7. The number of aliphatic hydroxyl groups is 8. The van der Waals surface area contributed by atoms with Crippen LogP contribution >= 0.6 is 0 Å². The van der Waals surface area contributed by atoms with Gasteiger partial charge in [0.25, 0.3) is 0 Å². The van der Waals surface area contributed by atoms with Gasteiger partial charge in [-0.3, -0.25) is 9.59 Å². The van der Waals surface area contributed by atoms with Crippen LogP contribution in [0.15, 0.2) is 83.0 Å². The van der Waals surface area contributed by atoms with Gasteiger partial charge in [0.2, 0.25) is 0 Å². The van der Waals surface area contributed by atoms with Gasteiger partial charge in [0.05, 0.1) is 72.8 Å². The molecule has 20 atom stereocenters. The lowest BCUT2D eigenvalue weighted by atomic mass is 9.43. The standard InChI is InChI=1S/C36H54O9Si.C29H38O10/c1-10-46(11-2,12-3)45-26-18-27-35(20-42-27,44-23(6)37)29-31(43-32(40)24-16-14-13-15-17-24)36(41)19-25(38)21(4)28(33(36,7)8)22(5)30(39)34(26,29)9;1-14-17(31)12-29(36)24(38-25(35)16-9-7-6-8-10-16)22-27(5,23(34)21(33)20(14)26(29,3)4)18(32)11-19-28(22,13-37-19)39-15(2)30/h13-17,22,25-27,29-31,38-39,41H,10-12,18-20H2,1-9H3;6-10,17-19,21-24,31-34,36H,11-13H2,1-5H3/t22-,25+,26+,27-,29+,30?,31+,34-,35+,36-;17-,18-,19+,21+,22-,23?,24-,27+,28-,29+/m10/s1. The first-order chi connectivity index (χ1) is 39.6. The van der Waals surface area contributed by atoms with Gasteiger partial charge in [-0.15, -0.1) is 0 Å². The number of ether oxygens (including phenoxy) is 6. The Morgan fingerprint density at radius 3 is 1.39 bits per heavy atom. The molecule has 2 aromatic carbocycles. The molecule has 20 heteroatoms. The molecule has 6 aliphatic carbocycles. The van der Waals surface area contributed by atoms with Crippen LogP contribution in [0.1, 0.15) is 143 Å². The van der Waals surface area contributed by atoms with E-state index in [0.29, 0.717) is 23.1 Å². The molecule has 2 saturated heterocycles. The van der Waals surface area contributed by atoms with Gasteiger partial charge in [-0.2, -0.15) is 0 Å². The lowest BCUT2D eigenvalue weighted by Crippen LogP contribution is -2.82. The first-order valence-electron chi connectivity index (χ1n) is 30.4. The number of carbonyl (C=O) groups is 4. The van der Waals surface area contributed by atoms with Crippen LogP contribution in [0.25, 0.3) is 0 Å². The number of carbonyl (C=O) groups excluding carboxylic acids is 4. The average molecular weight is 1210 g/mol. The molecule has 19 nitrogen and oxygen atoms in total. The molecule has 85 heavy (non-hydrogen) atoms. The molecule has 0 amide bonds. The topological polar surface area (TPSA) is 295 Å². The summed E-state index contributed by atoms with van der Waals surface area (Å²) in [6.07, 6.45) is -12.7. The Morgan fingerprint density at radius 1 is 0.588 bits per heavy atom. The summed E-state index contributed by atoms with van der Waals surface area (Å²) in [5.41, 5.74) is -9.34. The quantitative estimate of drug-likeness (QED) is 0.0550. The summed E-state index contributed by atoms with van der Waals surface area (Å²) >= 11 is 0. The molecule has 2 aromatic rings. The Labute approximate surface area is 500 Å². The molecule has 2 aliphatic heterocycles. The number of esters is 4. The van der Waals surface area contributed by atoms with Gasteiger partial charge >= 0.3 is 23.9 Å². The number of fused-ring (bicyclic) bond motifs is 10. The fourth-order valence-electron chi connectivity index (χ4n) is 17.7. The van der Waals surface area contributed by atoms with Crippen molar-refractivity contribution in [2.24, 2.45) is 39.4 Å². The van der Waals surface area contributed by atoms with Crippen molar-refractivity contribution in [1.82, 2.24) is 0 Å². The van der Waals surface area contributed by atoms with E-state index in [4.69, 9.17) is 32.8 Å². The predicted octanol–water partition coefficient (Wildman–Crippen LogP) is 6.05. The smallest absolute Gasteiger partial charge is 0.338 e. The number of aliphatic hydroxyl groups excluding tert-OH is 6. The molecule has 0 aromatic heterocycles. The summed E-state index contributed by atoms with van der Waals surface area (Å²) in [5, 5.41) is 96.3. The minimum absolute atomic E-state index is 0.0173. The zero-order valence-corrected chi connectivity index (χ0v) is 52.8. The highest BCUT2D eigenvalue weighted by Crippen LogP contribution is 2.68. The number of benzene rings is 2. The second-order valence-corrected chi connectivity index (χ2v) is 32.2. The zero-order valence-electron chi connectivity index (χ0n) is 51.8. The maximum absolute atomic E-state index is 14.0. The largest absolute Gasteiger partial charge is 0.455 e. The Bertz CT molecular complexity index is 2940. The Kier molecular flexibility index (Phi) is 17.3. The highest BCUT2D eigenvalue weighted by Gasteiger charge is 2.80. The molecule has 470 valence electrons. The van der Waals surface area contributed by atoms with Gasteiger partial charge in [-0.1, -0.05) is 111 Å². The third kappa shape index (κ3) is 9.58. The minimum Gasteiger partial charge on any atom is -0.455 e. The minimum atomic E-state index is -2.30. The molecule has 8 N–H and O–H groups in total. The maximum Gasteiger partial charge on any atom is 0.338 e. The second kappa shape index (κ2) is 22.6. The monoisotopic (exact) mass is 1200 g/mol. The molecule has 0 spiro atoms. The van der Waals surface area contributed by atoms with Crippen molar-refractivity contribution in [2.75, 3.05) is 13.2 Å². The van der Waals surface area contributed by atoms with Crippen molar-refractivity contribution < 1.29 is 92.9 Å². The Hall–Kier alpha value is -4.42. The van der Waals surface area contributed by atoms with Crippen molar-refractivity contribution in [1.29, 1.82) is 0 Å². The van der Waals surface area contributed by atoms with Gasteiger partial charge in [0.15, 0.2) is 19.5 Å². The molecule has 8 aliphatic rings. The number of hydrogen-bond donors (Lipinski definition) is 8. The van der Waals surface area contributed by atoms with Crippen LogP contribution in [0, 0.1) is 39.4 Å². The first kappa shape index (κ1) is 65.0. The van der Waals surface area contributed by atoms with Crippen molar-refractivity contribution >= 4 is 32.2 Å². The molecular formula is C65H92O19Si. The van der Waals surface area contributed by atoms with E-state index < -0.39 is 161 Å². The van der Waals surface area contributed by atoms with Crippen molar-refractivity contribution in [3.8, 4) is 0 Å². The van der Waals surface area contributed by atoms with E-state index in [2.05, 4.69) is 20.8 Å².